The van der Waals surface area contributed by atoms with Crippen molar-refractivity contribution in [3.05, 3.63) is 29.6 Å². The van der Waals surface area contributed by atoms with Gasteiger partial charge in [0.2, 0.25) is 0 Å². The first kappa shape index (κ1) is 18.6. The predicted molar refractivity (Wildman–Crippen MR) is 105 cm³/mol. The molecule has 1 aromatic carbocycles. The Bertz CT molecular complexity index is 794. The Balaban J connectivity index is 1.95. The molecule has 0 unspecified atom stereocenters. The molecule has 26 heavy (non-hydrogen) atoms. The van der Waals surface area contributed by atoms with Gasteiger partial charge >= 0.3 is 0 Å². The fourth-order valence-electron chi connectivity index (χ4n) is 3.78. The van der Waals surface area contributed by atoms with Crippen LogP contribution in [0.4, 0.5) is 10.1 Å². The maximum atomic E-state index is 14.7. The highest BCUT2D eigenvalue weighted by Gasteiger charge is 2.48. The predicted octanol–water partition coefficient (Wildman–Crippen LogP) is 2.93. The van der Waals surface area contributed by atoms with E-state index < -0.39 is 11.4 Å². The molecule has 6 nitrogen and oxygen atoms in total. The number of nitrogens with two attached hydrogens (primary N) is 1. The Morgan fingerprint density at radius 1 is 1.62 bits per heavy atom. The maximum absolute atomic E-state index is 14.7. The molecule has 2 aliphatic rings. The number of nitrogens with one attached hydrogen (secondary N) is 2. The minimum atomic E-state index is -0.642. The van der Waals surface area contributed by atoms with E-state index in [1.54, 1.807) is 6.07 Å². The van der Waals surface area contributed by atoms with Gasteiger partial charge in [-0.05, 0) is 37.0 Å². The van der Waals surface area contributed by atoms with Gasteiger partial charge in [0.1, 0.15) is 11.5 Å². The highest BCUT2D eigenvalue weighted by Crippen LogP contribution is 2.51. The number of nitrogens with zero attached hydrogens (tertiary/aromatic N) is 2. The monoisotopic (exact) mass is 375 g/mol. The number of rotatable bonds is 5. The third-order valence-corrected chi connectivity index (χ3v) is 6.00. The summed E-state index contributed by atoms with van der Waals surface area (Å²) in [7, 11) is 1.51. The second-order valence-electron chi connectivity index (χ2n) is 6.50. The molecule has 1 heterocycles. The van der Waals surface area contributed by atoms with Crippen LogP contribution < -0.4 is 11.1 Å². The number of halogens is 1. The van der Waals surface area contributed by atoms with Gasteiger partial charge in [-0.3, -0.25) is 14.8 Å². The highest BCUT2D eigenvalue weighted by atomic mass is 32.2. The van der Waals surface area contributed by atoms with Crippen LogP contribution in [-0.2, 0) is 10.3 Å². The lowest BCUT2D eigenvalue weighted by Crippen LogP contribution is -2.37. The lowest BCUT2D eigenvalue weighted by molar-refractivity contribution is -0.110. The smallest absolute Gasteiger partial charge is 0.269 e. The summed E-state index contributed by atoms with van der Waals surface area (Å²) in [5.74, 6) is 0.349. The molecule has 1 amide bonds. The fraction of sp³-hybridized carbons (Fsp3) is 0.444. The summed E-state index contributed by atoms with van der Waals surface area (Å²) >= 11 is 1.52. The van der Waals surface area contributed by atoms with Gasteiger partial charge in [-0.2, -0.15) is 0 Å². The minimum absolute atomic E-state index is 0.153. The van der Waals surface area contributed by atoms with Crippen LogP contribution in [0.2, 0.25) is 0 Å². The normalized spacial score (nSPS) is 25.4. The number of thioether (sulfide) groups is 1. The van der Waals surface area contributed by atoms with Crippen LogP contribution in [0.1, 0.15) is 31.2 Å². The molecule has 3 rings (SSSR count). The van der Waals surface area contributed by atoms with Crippen molar-refractivity contribution < 1.29 is 9.18 Å². The zero-order valence-electron chi connectivity index (χ0n) is 14.6. The molecule has 1 aliphatic heterocycles. The van der Waals surface area contributed by atoms with E-state index in [9.17, 15) is 9.18 Å². The molecule has 8 heteroatoms. The highest BCUT2D eigenvalue weighted by molar-refractivity contribution is 8.13. The van der Waals surface area contributed by atoms with Gasteiger partial charge < -0.3 is 16.5 Å². The Hall–Kier alpha value is -2.22. The van der Waals surface area contributed by atoms with E-state index in [4.69, 9.17) is 11.1 Å². The van der Waals surface area contributed by atoms with E-state index in [1.807, 2.05) is 0 Å². The van der Waals surface area contributed by atoms with Crippen LogP contribution in [0.15, 0.2) is 28.2 Å². The van der Waals surface area contributed by atoms with Crippen molar-refractivity contribution >= 4 is 40.5 Å². The number of anilines is 1. The zero-order chi connectivity index (χ0) is 18.7. The van der Waals surface area contributed by atoms with Crippen LogP contribution in [0.25, 0.3) is 0 Å². The number of hydrogen-bond donors (Lipinski definition) is 3. The average molecular weight is 375 g/mol. The maximum Gasteiger partial charge on any atom is 0.269 e. The quantitative estimate of drug-likeness (QED) is 0.689. The van der Waals surface area contributed by atoms with Gasteiger partial charge in [-0.15, -0.1) is 0 Å². The number of carbonyl (C=O) groups excluding carboxylic acids is 1. The van der Waals surface area contributed by atoms with Gasteiger partial charge in [-0.25, -0.2) is 4.39 Å². The third kappa shape index (κ3) is 3.38. The van der Waals surface area contributed by atoms with Crippen molar-refractivity contribution in [1.82, 2.24) is 0 Å². The number of fused-ring (bicyclic) bond motifs is 1. The van der Waals surface area contributed by atoms with E-state index in [2.05, 4.69) is 15.3 Å². The van der Waals surface area contributed by atoms with Gasteiger partial charge in [0.25, 0.3) is 5.91 Å². The largest absolute Gasteiger partial charge is 0.379 e. The Labute approximate surface area is 156 Å². The lowest BCUT2D eigenvalue weighted by Gasteiger charge is -2.36. The molecule has 1 fully saturated rings. The molecule has 0 spiro atoms. The molecule has 0 bridgehead atoms. The van der Waals surface area contributed by atoms with Gasteiger partial charge in [0.15, 0.2) is 5.17 Å². The molecule has 1 aromatic rings. The lowest BCUT2D eigenvalue weighted by atomic mass is 9.81. The second kappa shape index (κ2) is 7.57. The van der Waals surface area contributed by atoms with E-state index in [0.717, 1.165) is 31.2 Å². The van der Waals surface area contributed by atoms with Crippen LogP contribution in [-0.4, -0.2) is 35.8 Å². The first-order chi connectivity index (χ1) is 12.5. The first-order valence-electron chi connectivity index (χ1n) is 8.54. The van der Waals surface area contributed by atoms with Crippen molar-refractivity contribution in [3.63, 3.8) is 0 Å². The van der Waals surface area contributed by atoms with Gasteiger partial charge in [0, 0.05) is 36.7 Å². The molecule has 4 N–H and O–H groups in total. The van der Waals surface area contributed by atoms with Crippen molar-refractivity contribution in [3.8, 4) is 0 Å². The molecule has 0 aromatic heterocycles. The molecule has 1 saturated carbocycles. The summed E-state index contributed by atoms with van der Waals surface area (Å²) in [6.07, 6.45) is 4.00. The fourth-order valence-corrected chi connectivity index (χ4v) is 4.82. The number of amides is 1. The Morgan fingerprint density at radius 2 is 2.42 bits per heavy atom. The standard InChI is InChI=1S/C18H22FN5OS/c1-22-15(6-8-20)16(25)23-12-4-5-14(19)13(9-12)18-7-2-3-11(18)10-26-17(21)24-18/h4-5,8-9,11,20H,2-3,6-7,10H2,1H3,(H2,21,24)(H,23,25)/t11-,18-/m0/s1. The number of aliphatic imine (C=N–C) groups is 2. The molecule has 138 valence electrons. The van der Waals surface area contributed by atoms with Crippen LogP contribution in [0.5, 0.6) is 0 Å². The minimum Gasteiger partial charge on any atom is -0.379 e. The number of benzene rings is 1. The van der Waals surface area contributed by atoms with E-state index in [1.165, 1.54) is 30.9 Å². The molecule has 1 aliphatic carbocycles. The number of amidine groups is 1. The van der Waals surface area contributed by atoms with E-state index in [-0.39, 0.29) is 23.9 Å². The summed E-state index contributed by atoms with van der Waals surface area (Å²) in [6.45, 7) is 0. The summed E-state index contributed by atoms with van der Waals surface area (Å²) < 4.78 is 14.7. The molecular formula is C18H22FN5OS. The molecule has 0 saturated heterocycles. The van der Waals surface area contributed by atoms with Crippen LogP contribution in [0, 0.1) is 17.1 Å². The second-order valence-corrected chi connectivity index (χ2v) is 7.54. The SMILES string of the molecule is CN=C(CC=N)C(=O)Nc1ccc(F)c([C@]23CCC[C@H]2CSC(N)=N3)c1. The number of hydrogen-bond acceptors (Lipinski definition) is 6. The van der Waals surface area contributed by atoms with Crippen molar-refractivity contribution in [2.75, 3.05) is 18.1 Å². The molecule has 0 radical (unpaired) electrons. The van der Waals surface area contributed by atoms with Gasteiger partial charge in [-0.1, -0.05) is 18.2 Å². The Kier molecular flexibility index (Phi) is 5.41. The van der Waals surface area contributed by atoms with Crippen LogP contribution >= 0.6 is 11.8 Å². The molecule has 2 atom stereocenters. The van der Waals surface area contributed by atoms with Gasteiger partial charge in [0.05, 0.1) is 5.54 Å². The third-order valence-electron chi connectivity index (χ3n) is 5.05. The van der Waals surface area contributed by atoms with Crippen molar-refractivity contribution in [1.29, 1.82) is 5.41 Å². The number of carbonyl (C=O) groups is 1. The topological polar surface area (TPSA) is 104 Å². The average Bonchev–Trinajstić information content (AvgIpc) is 3.04. The van der Waals surface area contributed by atoms with Crippen LogP contribution in [0.3, 0.4) is 0 Å². The molecular weight excluding hydrogens is 353 g/mol. The summed E-state index contributed by atoms with van der Waals surface area (Å²) in [4.78, 5) is 20.9. The van der Waals surface area contributed by atoms with Crippen molar-refractivity contribution in [2.24, 2.45) is 21.6 Å². The Morgan fingerprint density at radius 3 is 3.15 bits per heavy atom. The van der Waals surface area contributed by atoms with Crippen molar-refractivity contribution in [2.45, 2.75) is 31.2 Å². The van der Waals surface area contributed by atoms with E-state index in [0.29, 0.717) is 16.4 Å². The zero-order valence-corrected chi connectivity index (χ0v) is 15.4. The summed E-state index contributed by atoms with van der Waals surface area (Å²) in [5, 5.41) is 10.4. The first-order valence-corrected chi connectivity index (χ1v) is 9.53. The summed E-state index contributed by atoms with van der Waals surface area (Å²) in [5.41, 5.74) is 6.54. The van der Waals surface area contributed by atoms with E-state index >= 15 is 0 Å². The summed E-state index contributed by atoms with van der Waals surface area (Å²) in [6, 6.07) is 4.55.